The molecule has 16 heavy (non-hydrogen) atoms. The molecule has 96 valence electrons. The summed E-state index contributed by atoms with van der Waals surface area (Å²) in [7, 11) is -3.26. The van der Waals surface area contributed by atoms with Gasteiger partial charge in [-0.3, -0.25) is 0 Å². The Kier molecular flexibility index (Phi) is 5.68. The van der Waals surface area contributed by atoms with Crippen molar-refractivity contribution in [2.24, 2.45) is 5.73 Å². The first-order valence-electron chi connectivity index (χ1n) is 5.86. The van der Waals surface area contributed by atoms with Gasteiger partial charge >= 0.3 is 0 Å². The van der Waals surface area contributed by atoms with Crippen molar-refractivity contribution in [3.05, 3.63) is 0 Å². The van der Waals surface area contributed by atoms with Gasteiger partial charge in [0.25, 0.3) is 0 Å². The molecule has 1 aliphatic carbocycles. The van der Waals surface area contributed by atoms with E-state index in [1.165, 1.54) is 12.8 Å². The summed E-state index contributed by atoms with van der Waals surface area (Å²) in [5, 5.41) is -0.543. The van der Waals surface area contributed by atoms with Gasteiger partial charge in [-0.2, -0.15) is 0 Å². The summed E-state index contributed by atoms with van der Waals surface area (Å²) < 4.78 is 31.1. The number of ether oxygens (including phenoxy) is 1. The van der Waals surface area contributed by atoms with Crippen LogP contribution in [0.2, 0.25) is 0 Å². The van der Waals surface area contributed by atoms with E-state index in [1.54, 1.807) is 6.92 Å². The Bertz CT molecular complexity index is 286. The number of rotatable bonds is 7. The van der Waals surface area contributed by atoms with Crippen molar-refractivity contribution in [3.63, 3.8) is 0 Å². The quantitative estimate of drug-likeness (QED) is 0.633. The number of hydrogen-bond acceptors (Lipinski definition) is 4. The zero-order valence-electron chi connectivity index (χ0n) is 9.81. The molecule has 1 rings (SSSR count). The fraction of sp³-hybridized carbons (Fsp3) is 1.00. The average Bonchev–Trinajstić information content (AvgIpc) is 2.76. The molecule has 0 aromatic heterocycles. The lowest BCUT2D eigenvalue weighted by molar-refractivity contribution is 0.0626. The molecule has 1 saturated carbocycles. The molecule has 5 nitrogen and oxygen atoms in total. The topological polar surface area (TPSA) is 81.4 Å². The molecule has 3 N–H and O–H groups in total. The predicted octanol–water partition coefficient (Wildman–Crippen LogP) is 0.212. The fourth-order valence-electron chi connectivity index (χ4n) is 1.73. The molecule has 0 saturated heterocycles. The SMILES string of the molecule is CC(CN)S(=O)(=O)NCCOC1CCCC1. The number of sulfonamides is 1. The van der Waals surface area contributed by atoms with Crippen LogP contribution >= 0.6 is 0 Å². The van der Waals surface area contributed by atoms with Gasteiger partial charge in [-0.15, -0.1) is 0 Å². The highest BCUT2D eigenvalue weighted by Crippen LogP contribution is 2.20. The minimum absolute atomic E-state index is 0.138. The van der Waals surface area contributed by atoms with Gasteiger partial charge in [-0.1, -0.05) is 12.8 Å². The molecule has 1 aliphatic rings. The Morgan fingerprint density at radius 1 is 1.44 bits per heavy atom. The van der Waals surface area contributed by atoms with Crippen molar-refractivity contribution in [1.82, 2.24) is 4.72 Å². The van der Waals surface area contributed by atoms with Crippen LogP contribution in [0.4, 0.5) is 0 Å². The van der Waals surface area contributed by atoms with Crippen molar-refractivity contribution in [2.45, 2.75) is 44.0 Å². The third-order valence-electron chi connectivity index (χ3n) is 2.92. The number of nitrogens with two attached hydrogens (primary N) is 1. The number of nitrogens with one attached hydrogen (secondary N) is 1. The number of hydrogen-bond donors (Lipinski definition) is 2. The molecule has 6 heteroatoms. The van der Waals surface area contributed by atoms with E-state index in [9.17, 15) is 8.42 Å². The molecule has 0 amide bonds. The maximum atomic E-state index is 11.5. The van der Waals surface area contributed by atoms with Gasteiger partial charge < -0.3 is 10.5 Å². The first kappa shape index (κ1) is 13.9. The van der Waals surface area contributed by atoms with E-state index in [4.69, 9.17) is 10.5 Å². The Balaban J connectivity index is 2.14. The van der Waals surface area contributed by atoms with Gasteiger partial charge in [0.15, 0.2) is 0 Å². The summed E-state index contributed by atoms with van der Waals surface area (Å²) in [5.41, 5.74) is 5.31. The lowest BCUT2D eigenvalue weighted by atomic mass is 10.3. The van der Waals surface area contributed by atoms with Gasteiger partial charge in [-0.05, 0) is 19.8 Å². The molecule has 1 atom stereocenters. The Hall–Kier alpha value is -0.170. The van der Waals surface area contributed by atoms with Gasteiger partial charge in [0.2, 0.25) is 10.0 Å². The molecule has 0 spiro atoms. The van der Waals surface area contributed by atoms with E-state index >= 15 is 0 Å². The third kappa shape index (κ3) is 4.37. The highest BCUT2D eigenvalue weighted by atomic mass is 32.2. The van der Waals surface area contributed by atoms with Crippen LogP contribution in [0.15, 0.2) is 0 Å². The fourth-order valence-corrected chi connectivity index (χ4v) is 2.64. The van der Waals surface area contributed by atoms with E-state index in [0.29, 0.717) is 19.3 Å². The molecular weight excluding hydrogens is 228 g/mol. The summed E-state index contributed by atoms with van der Waals surface area (Å²) in [4.78, 5) is 0. The van der Waals surface area contributed by atoms with Crippen molar-refractivity contribution in [3.8, 4) is 0 Å². The minimum atomic E-state index is -3.26. The Labute approximate surface area is 97.8 Å². The predicted molar refractivity (Wildman–Crippen MR) is 63.6 cm³/mol. The van der Waals surface area contributed by atoms with E-state index < -0.39 is 15.3 Å². The summed E-state index contributed by atoms with van der Waals surface area (Å²) >= 11 is 0. The lowest BCUT2D eigenvalue weighted by Crippen LogP contribution is -2.38. The second kappa shape index (κ2) is 6.54. The molecule has 1 fully saturated rings. The molecule has 0 heterocycles. The zero-order valence-corrected chi connectivity index (χ0v) is 10.6. The molecule has 1 unspecified atom stereocenters. The summed E-state index contributed by atoms with van der Waals surface area (Å²) in [5.74, 6) is 0. The molecule has 0 aliphatic heterocycles. The van der Waals surface area contributed by atoms with Crippen molar-refractivity contribution < 1.29 is 13.2 Å². The van der Waals surface area contributed by atoms with Crippen LogP contribution in [-0.4, -0.2) is 39.5 Å². The van der Waals surface area contributed by atoms with Crippen LogP contribution in [0.25, 0.3) is 0 Å². The van der Waals surface area contributed by atoms with E-state index in [1.807, 2.05) is 0 Å². The smallest absolute Gasteiger partial charge is 0.215 e. The standard InChI is InChI=1S/C10H22N2O3S/c1-9(8-11)16(13,14)12-6-7-15-10-4-2-3-5-10/h9-10,12H,2-8,11H2,1H3. The van der Waals surface area contributed by atoms with Crippen LogP contribution in [0, 0.1) is 0 Å². The lowest BCUT2D eigenvalue weighted by Gasteiger charge is -2.14. The third-order valence-corrected chi connectivity index (χ3v) is 4.78. The first-order valence-corrected chi connectivity index (χ1v) is 7.41. The molecule has 0 aromatic rings. The van der Waals surface area contributed by atoms with Crippen LogP contribution in [0.3, 0.4) is 0 Å². The van der Waals surface area contributed by atoms with Gasteiger partial charge in [0.1, 0.15) is 0 Å². The van der Waals surface area contributed by atoms with Gasteiger partial charge in [-0.25, -0.2) is 13.1 Å². The maximum Gasteiger partial charge on any atom is 0.215 e. The average molecular weight is 250 g/mol. The van der Waals surface area contributed by atoms with Gasteiger partial charge in [0, 0.05) is 13.1 Å². The summed E-state index contributed by atoms with van der Waals surface area (Å²) in [6.07, 6.45) is 4.98. The Morgan fingerprint density at radius 3 is 2.62 bits per heavy atom. The second-order valence-electron chi connectivity index (χ2n) is 4.26. The van der Waals surface area contributed by atoms with E-state index in [0.717, 1.165) is 12.8 Å². The van der Waals surface area contributed by atoms with Crippen molar-refractivity contribution >= 4 is 10.0 Å². The summed E-state index contributed by atoms with van der Waals surface area (Å²) in [6.45, 7) is 2.52. The normalized spacial score (nSPS) is 20.1. The van der Waals surface area contributed by atoms with Crippen molar-refractivity contribution in [2.75, 3.05) is 19.7 Å². The maximum absolute atomic E-state index is 11.5. The zero-order chi connectivity index (χ0) is 12.0. The van der Waals surface area contributed by atoms with Crippen LogP contribution < -0.4 is 10.5 Å². The molecule has 0 radical (unpaired) electrons. The molecule has 0 aromatic carbocycles. The highest BCUT2D eigenvalue weighted by Gasteiger charge is 2.19. The van der Waals surface area contributed by atoms with Crippen LogP contribution in [-0.2, 0) is 14.8 Å². The first-order chi connectivity index (χ1) is 7.56. The van der Waals surface area contributed by atoms with E-state index in [2.05, 4.69) is 4.72 Å². The van der Waals surface area contributed by atoms with Crippen LogP contribution in [0.5, 0.6) is 0 Å². The minimum Gasteiger partial charge on any atom is -0.377 e. The van der Waals surface area contributed by atoms with Crippen molar-refractivity contribution in [1.29, 1.82) is 0 Å². The monoisotopic (exact) mass is 250 g/mol. The largest absolute Gasteiger partial charge is 0.377 e. The Morgan fingerprint density at radius 2 is 2.06 bits per heavy atom. The molecule has 0 bridgehead atoms. The van der Waals surface area contributed by atoms with Gasteiger partial charge in [0.05, 0.1) is 18.0 Å². The van der Waals surface area contributed by atoms with Crippen LogP contribution in [0.1, 0.15) is 32.6 Å². The highest BCUT2D eigenvalue weighted by molar-refractivity contribution is 7.90. The second-order valence-corrected chi connectivity index (χ2v) is 6.45. The molecular formula is C10H22N2O3S. The van der Waals surface area contributed by atoms with E-state index in [-0.39, 0.29) is 6.54 Å². The summed E-state index contributed by atoms with van der Waals surface area (Å²) in [6, 6.07) is 0.